The van der Waals surface area contributed by atoms with Crippen LogP contribution in [0.1, 0.15) is 12.5 Å². The molecule has 0 amide bonds. The van der Waals surface area contributed by atoms with Crippen molar-refractivity contribution in [3.63, 3.8) is 0 Å². The monoisotopic (exact) mass is 190 g/mol. The van der Waals surface area contributed by atoms with Gasteiger partial charge in [-0.3, -0.25) is 0 Å². The van der Waals surface area contributed by atoms with Gasteiger partial charge in [-0.15, -0.1) is 6.58 Å². The van der Waals surface area contributed by atoms with Gasteiger partial charge in [-0.25, -0.2) is 4.98 Å². The number of pyridine rings is 1. The molecular weight excluding hydrogens is 180 g/mol. The molecule has 0 spiro atoms. The number of nitriles is 1. The third-order valence-electron chi connectivity index (χ3n) is 1.50. The molecule has 13 heavy (non-hydrogen) atoms. The Morgan fingerprint density at radius 2 is 2.54 bits per heavy atom. The molecule has 0 aliphatic rings. The van der Waals surface area contributed by atoms with Gasteiger partial charge in [0.05, 0.1) is 16.7 Å². The molecule has 2 nitrogen and oxygen atoms in total. The summed E-state index contributed by atoms with van der Waals surface area (Å²) in [6, 6.07) is 5.56. The molecule has 0 aliphatic carbocycles. The summed E-state index contributed by atoms with van der Waals surface area (Å²) in [7, 11) is 0. The van der Waals surface area contributed by atoms with Crippen LogP contribution in [0.4, 0.5) is 0 Å². The molecule has 0 fully saturated rings. The molecule has 0 bridgehead atoms. The second-order valence-corrected chi connectivity index (χ2v) is 3.95. The van der Waals surface area contributed by atoms with Crippen molar-refractivity contribution in [2.45, 2.75) is 17.2 Å². The Hall–Kier alpha value is -1.27. The number of hydrogen-bond acceptors (Lipinski definition) is 3. The smallest absolute Gasteiger partial charge is 0.0993 e. The number of hydrogen-bond donors (Lipinski definition) is 0. The fourth-order valence-electron chi connectivity index (χ4n) is 0.782. The van der Waals surface area contributed by atoms with E-state index in [1.54, 1.807) is 30.1 Å². The van der Waals surface area contributed by atoms with E-state index in [1.165, 1.54) is 0 Å². The third-order valence-corrected chi connectivity index (χ3v) is 2.53. The van der Waals surface area contributed by atoms with Crippen LogP contribution < -0.4 is 0 Å². The lowest BCUT2D eigenvalue weighted by atomic mass is 10.3. The van der Waals surface area contributed by atoms with Crippen LogP contribution in [0.3, 0.4) is 0 Å². The highest BCUT2D eigenvalue weighted by atomic mass is 32.2. The minimum atomic E-state index is 0.321. The molecule has 1 atom stereocenters. The predicted molar refractivity (Wildman–Crippen MR) is 54.5 cm³/mol. The lowest BCUT2D eigenvalue weighted by molar-refractivity contribution is 1.11. The molecule has 3 heteroatoms. The molecule has 0 saturated carbocycles. The summed E-state index contributed by atoms with van der Waals surface area (Å²) in [5.41, 5.74) is 0.647. The van der Waals surface area contributed by atoms with E-state index in [2.05, 4.69) is 17.6 Å². The Morgan fingerprint density at radius 3 is 3.15 bits per heavy atom. The lowest BCUT2D eigenvalue weighted by Crippen LogP contribution is -1.90. The lowest BCUT2D eigenvalue weighted by Gasteiger charge is -2.03. The van der Waals surface area contributed by atoms with Crippen molar-refractivity contribution < 1.29 is 0 Å². The van der Waals surface area contributed by atoms with Gasteiger partial charge in [-0.05, 0) is 19.1 Å². The van der Waals surface area contributed by atoms with Gasteiger partial charge in [0, 0.05) is 11.4 Å². The van der Waals surface area contributed by atoms with Crippen molar-refractivity contribution in [2.75, 3.05) is 0 Å². The maximum atomic E-state index is 8.65. The van der Waals surface area contributed by atoms with Gasteiger partial charge < -0.3 is 0 Å². The first-order valence-electron chi connectivity index (χ1n) is 3.91. The highest BCUT2D eigenvalue weighted by molar-refractivity contribution is 8.00. The zero-order valence-corrected chi connectivity index (χ0v) is 8.21. The second-order valence-electron chi connectivity index (χ2n) is 2.55. The molecule has 1 heterocycles. The van der Waals surface area contributed by atoms with Crippen molar-refractivity contribution in [3.05, 3.63) is 36.5 Å². The first-order chi connectivity index (χ1) is 6.26. The van der Waals surface area contributed by atoms with Gasteiger partial charge >= 0.3 is 0 Å². The summed E-state index contributed by atoms with van der Waals surface area (Å²) < 4.78 is 0. The van der Waals surface area contributed by atoms with Gasteiger partial charge in [0.2, 0.25) is 0 Å². The van der Waals surface area contributed by atoms with E-state index in [-0.39, 0.29) is 0 Å². The molecule has 1 rings (SSSR count). The zero-order chi connectivity index (χ0) is 9.68. The fourth-order valence-corrected chi connectivity index (χ4v) is 1.58. The van der Waals surface area contributed by atoms with Crippen LogP contribution in [0.2, 0.25) is 0 Å². The van der Waals surface area contributed by atoms with E-state index in [0.717, 1.165) is 5.03 Å². The fraction of sp³-hybridized carbons (Fsp3) is 0.200. The van der Waals surface area contributed by atoms with Crippen molar-refractivity contribution in [3.8, 4) is 6.07 Å². The highest BCUT2D eigenvalue weighted by Gasteiger charge is 2.01. The summed E-state index contributed by atoms with van der Waals surface area (Å²) >= 11 is 1.59. The Labute approximate surface area is 82.3 Å². The maximum absolute atomic E-state index is 8.65. The molecule has 0 saturated heterocycles. The Bertz CT molecular complexity index is 341. The van der Waals surface area contributed by atoms with E-state index >= 15 is 0 Å². The molecule has 0 N–H and O–H groups in total. The minimum Gasteiger partial charge on any atom is -0.250 e. The van der Waals surface area contributed by atoms with Crippen molar-refractivity contribution in [2.24, 2.45) is 0 Å². The third kappa shape index (κ3) is 2.92. The van der Waals surface area contributed by atoms with Gasteiger partial charge in [0.1, 0.15) is 0 Å². The normalized spacial score (nSPS) is 11.7. The van der Waals surface area contributed by atoms with Crippen molar-refractivity contribution >= 4 is 11.8 Å². The van der Waals surface area contributed by atoms with E-state index in [1.807, 2.05) is 13.0 Å². The largest absolute Gasteiger partial charge is 0.250 e. The molecule has 0 aromatic carbocycles. The maximum Gasteiger partial charge on any atom is 0.0993 e. The first-order valence-corrected chi connectivity index (χ1v) is 4.79. The molecule has 0 aliphatic heterocycles. The summed E-state index contributed by atoms with van der Waals surface area (Å²) in [4.78, 5) is 4.14. The topological polar surface area (TPSA) is 36.7 Å². The average Bonchev–Trinajstić information content (AvgIpc) is 2.18. The van der Waals surface area contributed by atoms with Crippen molar-refractivity contribution in [1.82, 2.24) is 4.98 Å². The van der Waals surface area contributed by atoms with Gasteiger partial charge in [0.15, 0.2) is 0 Å². The van der Waals surface area contributed by atoms with Crippen LogP contribution >= 0.6 is 11.8 Å². The molecule has 1 aromatic heterocycles. The number of aromatic nitrogens is 1. The standard InChI is InChI=1S/C10H10N2S/c1-3-8(2)13-10-6-9(7-11)4-5-12-10/h3-6,8H,1H2,2H3. The first kappa shape index (κ1) is 9.82. The van der Waals surface area contributed by atoms with Gasteiger partial charge in [0.25, 0.3) is 0 Å². The summed E-state index contributed by atoms with van der Waals surface area (Å²) in [5, 5.41) is 9.83. The molecular formula is C10H10N2S. The SMILES string of the molecule is C=CC(C)Sc1cc(C#N)ccn1. The van der Waals surface area contributed by atoms with Crippen LogP contribution in [-0.4, -0.2) is 10.2 Å². The Kier molecular flexibility index (Phi) is 3.53. The van der Waals surface area contributed by atoms with Crippen LogP contribution in [0, 0.1) is 11.3 Å². The minimum absolute atomic E-state index is 0.321. The van der Waals surface area contributed by atoms with Crippen LogP contribution in [0.15, 0.2) is 36.0 Å². The highest BCUT2D eigenvalue weighted by Crippen LogP contribution is 2.21. The summed E-state index contributed by atoms with van der Waals surface area (Å²) in [5.74, 6) is 0. The average molecular weight is 190 g/mol. The van der Waals surface area contributed by atoms with E-state index < -0.39 is 0 Å². The Morgan fingerprint density at radius 1 is 1.77 bits per heavy atom. The summed E-state index contributed by atoms with van der Waals surface area (Å²) in [6.45, 7) is 5.73. The number of nitrogens with zero attached hydrogens (tertiary/aromatic N) is 2. The summed E-state index contributed by atoms with van der Waals surface area (Å²) in [6.07, 6.45) is 3.50. The number of rotatable bonds is 3. The second kappa shape index (κ2) is 4.68. The molecule has 0 radical (unpaired) electrons. The molecule has 1 unspecified atom stereocenters. The number of thioether (sulfide) groups is 1. The molecule has 66 valence electrons. The van der Waals surface area contributed by atoms with Crippen molar-refractivity contribution in [1.29, 1.82) is 5.26 Å². The van der Waals surface area contributed by atoms with E-state index in [0.29, 0.717) is 10.8 Å². The van der Waals surface area contributed by atoms with Crippen LogP contribution in [-0.2, 0) is 0 Å². The quantitative estimate of drug-likeness (QED) is 0.543. The predicted octanol–water partition coefficient (Wildman–Crippen LogP) is 2.62. The van der Waals surface area contributed by atoms with Gasteiger partial charge in [-0.2, -0.15) is 5.26 Å². The van der Waals surface area contributed by atoms with Crippen LogP contribution in [0.5, 0.6) is 0 Å². The Balaban J connectivity index is 2.78. The van der Waals surface area contributed by atoms with E-state index in [4.69, 9.17) is 5.26 Å². The van der Waals surface area contributed by atoms with Crippen LogP contribution in [0.25, 0.3) is 0 Å². The molecule has 1 aromatic rings. The zero-order valence-electron chi connectivity index (χ0n) is 7.40. The van der Waals surface area contributed by atoms with Gasteiger partial charge in [-0.1, -0.05) is 17.8 Å². The van der Waals surface area contributed by atoms with E-state index in [9.17, 15) is 0 Å².